The number of rotatable bonds is 22. The van der Waals surface area contributed by atoms with Crippen molar-refractivity contribution in [3.8, 4) is 0 Å². The van der Waals surface area contributed by atoms with Gasteiger partial charge in [0, 0.05) is 13.2 Å². The minimum Gasteiger partial charge on any atom is -0.353 e. The lowest BCUT2D eigenvalue weighted by molar-refractivity contribution is -0.148. The summed E-state index contributed by atoms with van der Waals surface area (Å²) in [6.07, 6.45) is 22.2. The summed E-state index contributed by atoms with van der Waals surface area (Å²) in [6.45, 7) is 6.28. The first kappa shape index (κ1) is 26.6. The predicted octanol–water partition coefficient (Wildman–Crippen LogP) is 8.45. The van der Waals surface area contributed by atoms with Gasteiger partial charge in [-0.1, -0.05) is 113 Å². The lowest BCUT2D eigenvalue weighted by Crippen LogP contribution is -2.19. The maximum atomic E-state index is 6.07. The summed E-state index contributed by atoms with van der Waals surface area (Å²) in [5, 5.41) is 0. The molecule has 0 aliphatic rings. The summed E-state index contributed by atoms with van der Waals surface area (Å²) < 4.78 is 13.4. The van der Waals surface area contributed by atoms with E-state index in [0.29, 0.717) is 0 Å². The highest BCUT2D eigenvalue weighted by atomic mass is 127. The summed E-state index contributed by atoms with van der Waals surface area (Å²) in [5.74, 6) is 0. The molecule has 0 aromatic rings. The fourth-order valence-electron chi connectivity index (χ4n) is 3.17. The van der Waals surface area contributed by atoms with Crippen molar-refractivity contribution in [1.82, 2.24) is 0 Å². The van der Waals surface area contributed by atoms with Crippen molar-refractivity contribution < 1.29 is 9.47 Å². The minimum atomic E-state index is 0.0432. The minimum absolute atomic E-state index is 0.0432. The van der Waals surface area contributed by atoms with Crippen molar-refractivity contribution in [3.63, 3.8) is 0 Å². The average molecular weight is 483 g/mol. The zero-order valence-electron chi connectivity index (χ0n) is 17.9. The summed E-state index contributed by atoms with van der Waals surface area (Å²) >= 11 is 2.48. The molecule has 0 saturated carbocycles. The van der Waals surface area contributed by atoms with Gasteiger partial charge in [0.05, 0.1) is 0 Å². The zero-order valence-corrected chi connectivity index (χ0v) is 20.1. The monoisotopic (exact) mass is 482 g/mol. The van der Waals surface area contributed by atoms with Gasteiger partial charge in [0.25, 0.3) is 0 Å². The lowest BCUT2D eigenvalue weighted by atomic mass is 10.1. The fraction of sp³-hybridized carbons (Fsp3) is 1.00. The first-order valence-electron chi connectivity index (χ1n) is 11.6. The fourth-order valence-corrected chi connectivity index (χ4v) is 3.71. The van der Waals surface area contributed by atoms with Gasteiger partial charge in [0.2, 0.25) is 0 Å². The lowest BCUT2D eigenvalue weighted by Gasteiger charge is -2.19. The molecule has 0 aromatic carbocycles. The van der Waals surface area contributed by atoms with Crippen LogP contribution in [0.5, 0.6) is 0 Å². The molecular weight excluding hydrogens is 435 g/mol. The molecule has 0 heterocycles. The van der Waals surface area contributed by atoms with Crippen LogP contribution >= 0.6 is 22.6 Å². The van der Waals surface area contributed by atoms with Gasteiger partial charge in [0.1, 0.15) is 0 Å². The molecule has 0 unspecified atom stereocenters. The first-order valence-corrected chi connectivity index (χ1v) is 13.2. The van der Waals surface area contributed by atoms with Crippen molar-refractivity contribution in [2.24, 2.45) is 0 Å². The number of hydrogen-bond donors (Lipinski definition) is 0. The molecule has 0 spiro atoms. The highest BCUT2D eigenvalue weighted by molar-refractivity contribution is 14.1. The van der Waals surface area contributed by atoms with Crippen molar-refractivity contribution in [2.75, 3.05) is 17.6 Å². The summed E-state index contributed by atoms with van der Waals surface area (Å²) in [7, 11) is 0. The highest BCUT2D eigenvalue weighted by Gasteiger charge is 2.09. The Kier molecular flexibility index (Phi) is 24.3. The van der Waals surface area contributed by atoms with Crippen LogP contribution in [0.15, 0.2) is 0 Å². The molecule has 0 radical (unpaired) electrons. The molecular formula is C23H47IO2. The molecule has 26 heavy (non-hydrogen) atoms. The Bertz CT molecular complexity index is 232. The molecule has 0 atom stereocenters. The van der Waals surface area contributed by atoms with Gasteiger partial charge in [-0.3, -0.25) is 0 Å². The molecule has 0 aromatic heterocycles. The predicted molar refractivity (Wildman–Crippen MR) is 124 cm³/mol. The van der Waals surface area contributed by atoms with Gasteiger partial charge in [-0.15, -0.1) is 0 Å². The molecule has 158 valence electrons. The number of halogens is 1. The van der Waals surface area contributed by atoms with E-state index in [0.717, 1.165) is 19.6 Å². The molecule has 2 nitrogen and oxygen atoms in total. The smallest absolute Gasteiger partial charge is 0.157 e. The van der Waals surface area contributed by atoms with E-state index in [-0.39, 0.29) is 6.29 Å². The summed E-state index contributed by atoms with van der Waals surface area (Å²) in [5.41, 5.74) is 0. The second kappa shape index (κ2) is 23.7. The molecule has 0 aliphatic carbocycles. The molecule has 0 aliphatic heterocycles. The van der Waals surface area contributed by atoms with E-state index >= 15 is 0 Å². The van der Waals surface area contributed by atoms with E-state index in [1.54, 1.807) is 0 Å². The maximum Gasteiger partial charge on any atom is 0.157 e. The molecule has 0 N–H and O–H groups in total. The summed E-state index contributed by atoms with van der Waals surface area (Å²) in [4.78, 5) is 0. The van der Waals surface area contributed by atoms with Crippen LogP contribution in [0, 0.1) is 0 Å². The van der Waals surface area contributed by atoms with Crippen molar-refractivity contribution in [2.45, 2.75) is 129 Å². The van der Waals surface area contributed by atoms with Gasteiger partial charge in [-0.2, -0.15) is 0 Å². The third-order valence-electron chi connectivity index (χ3n) is 4.93. The highest BCUT2D eigenvalue weighted by Crippen LogP contribution is 2.14. The summed E-state index contributed by atoms with van der Waals surface area (Å²) in [6, 6.07) is 0. The topological polar surface area (TPSA) is 18.5 Å². The first-order chi connectivity index (χ1) is 12.8. The Morgan fingerprint density at radius 3 is 1.46 bits per heavy atom. The molecule has 3 heteroatoms. The van der Waals surface area contributed by atoms with Crippen molar-refractivity contribution in [3.05, 3.63) is 0 Å². The third-order valence-corrected chi connectivity index (χ3v) is 5.69. The van der Waals surface area contributed by atoms with Gasteiger partial charge in [0.15, 0.2) is 6.29 Å². The quantitative estimate of drug-likeness (QED) is 0.0667. The number of unbranched alkanes of at least 4 members (excludes halogenated alkanes) is 13. The van der Waals surface area contributed by atoms with Crippen molar-refractivity contribution >= 4 is 22.6 Å². The van der Waals surface area contributed by atoms with Crippen LogP contribution < -0.4 is 0 Å². The maximum absolute atomic E-state index is 6.07. The standard InChI is InChI=1S/C23H47IO2/c1-3-5-7-13-17-21-25-23(26-22-18-14-8-6-4-2)19-15-11-9-10-12-16-20-24/h23H,3-22H2,1-2H3. The van der Waals surface area contributed by atoms with Crippen LogP contribution in [-0.2, 0) is 9.47 Å². The van der Waals surface area contributed by atoms with Crippen LogP contribution in [0.1, 0.15) is 123 Å². The van der Waals surface area contributed by atoms with E-state index in [9.17, 15) is 0 Å². The van der Waals surface area contributed by atoms with Gasteiger partial charge in [-0.05, 0) is 36.5 Å². The van der Waals surface area contributed by atoms with E-state index in [1.807, 2.05) is 0 Å². The largest absolute Gasteiger partial charge is 0.353 e. The Hall–Kier alpha value is 0.650. The van der Waals surface area contributed by atoms with Gasteiger partial charge >= 0.3 is 0 Å². The van der Waals surface area contributed by atoms with Crippen LogP contribution in [0.4, 0.5) is 0 Å². The molecule has 0 amide bonds. The van der Waals surface area contributed by atoms with Gasteiger partial charge < -0.3 is 9.47 Å². The molecule has 0 fully saturated rings. The molecule has 0 rings (SSSR count). The Morgan fingerprint density at radius 2 is 0.962 bits per heavy atom. The average Bonchev–Trinajstić information content (AvgIpc) is 2.65. The Labute approximate surface area is 178 Å². The third kappa shape index (κ3) is 21.0. The van der Waals surface area contributed by atoms with Crippen LogP contribution in [0.2, 0.25) is 0 Å². The normalized spacial score (nSPS) is 11.5. The molecule has 0 saturated heterocycles. The SMILES string of the molecule is CCCCCCCOC(CCCCCCCCI)OCCCCCCC. The van der Waals surface area contributed by atoms with Crippen LogP contribution in [0.25, 0.3) is 0 Å². The van der Waals surface area contributed by atoms with Crippen LogP contribution in [-0.4, -0.2) is 23.9 Å². The van der Waals surface area contributed by atoms with Crippen LogP contribution in [0.3, 0.4) is 0 Å². The zero-order chi connectivity index (χ0) is 19.1. The second-order valence-electron chi connectivity index (χ2n) is 7.60. The number of alkyl halides is 1. The van der Waals surface area contributed by atoms with Crippen molar-refractivity contribution in [1.29, 1.82) is 0 Å². The molecule has 0 bridgehead atoms. The van der Waals surface area contributed by atoms with E-state index in [4.69, 9.17) is 9.47 Å². The van der Waals surface area contributed by atoms with E-state index < -0.39 is 0 Å². The number of ether oxygens (including phenoxy) is 2. The van der Waals surface area contributed by atoms with E-state index in [1.165, 1.54) is 107 Å². The Balaban J connectivity index is 3.77. The second-order valence-corrected chi connectivity index (χ2v) is 8.68. The number of hydrogen-bond acceptors (Lipinski definition) is 2. The van der Waals surface area contributed by atoms with E-state index in [2.05, 4.69) is 36.4 Å². The Morgan fingerprint density at radius 1 is 0.538 bits per heavy atom. The van der Waals surface area contributed by atoms with Gasteiger partial charge in [-0.25, -0.2) is 0 Å².